The van der Waals surface area contributed by atoms with Crippen LogP contribution in [0.3, 0.4) is 0 Å². The Morgan fingerprint density at radius 3 is 2.54 bits per heavy atom. The van der Waals surface area contributed by atoms with Gasteiger partial charge in [0, 0.05) is 18.2 Å². The molecule has 1 fully saturated rings. The van der Waals surface area contributed by atoms with Crippen molar-refractivity contribution in [3.63, 3.8) is 0 Å². The van der Waals surface area contributed by atoms with Gasteiger partial charge in [0.15, 0.2) is 16.4 Å². The van der Waals surface area contributed by atoms with Crippen LogP contribution in [-0.2, 0) is 30.6 Å². The summed E-state index contributed by atoms with van der Waals surface area (Å²) in [6.07, 6.45) is 0.407. The lowest BCUT2D eigenvalue weighted by Gasteiger charge is -2.29. The Balaban J connectivity index is 1.95. The summed E-state index contributed by atoms with van der Waals surface area (Å²) >= 11 is 0. The van der Waals surface area contributed by atoms with E-state index in [9.17, 15) is 18.0 Å². The summed E-state index contributed by atoms with van der Waals surface area (Å²) in [7, 11) is -3.10. The molecule has 0 aliphatic carbocycles. The highest BCUT2D eigenvalue weighted by Crippen LogP contribution is 2.19. The first-order valence-electron chi connectivity index (χ1n) is 8.66. The fraction of sp³-hybridized carbons (Fsp3) is 0.706. The molecule has 0 bridgehead atoms. The van der Waals surface area contributed by atoms with Gasteiger partial charge >= 0.3 is 5.97 Å². The maximum Gasteiger partial charge on any atom is 0.310 e. The van der Waals surface area contributed by atoms with Crippen molar-refractivity contribution in [3.8, 4) is 0 Å². The average molecular weight is 386 g/mol. The fourth-order valence-corrected chi connectivity index (χ4v) is 4.77. The Kier molecular flexibility index (Phi) is 6.44. The first kappa shape index (κ1) is 20.4. The molecule has 0 radical (unpaired) electrons. The van der Waals surface area contributed by atoms with E-state index in [0.29, 0.717) is 30.0 Å². The first-order chi connectivity index (χ1) is 12.1. The summed E-state index contributed by atoms with van der Waals surface area (Å²) in [4.78, 5) is 26.1. The molecule has 0 N–H and O–H groups in total. The van der Waals surface area contributed by atoms with Gasteiger partial charge in [0.2, 0.25) is 0 Å². The van der Waals surface area contributed by atoms with Gasteiger partial charge in [-0.25, -0.2) is 8.42 Å². The second-order valence-electron chi connectivity index (χ2n) is 7.14. The van der Waals surface area contributed by atoms with Crippen LogP contribution in [0.4, 0.5) is 0 Å². The number of esters is 1. The molecular formula is C17H26N2O6S. The zero-order valence-electron chi connectivity index (χ0n) is 15.6. The number of aryl methyl sites for hydroxylation is 2. The molecule has 26 heavy (non-hydrogen) atoms. The highest BCUT2D eigenvalue weighted by molar-refractivity contribution is 7.91. The summed E-state index contributed by atoms with van der Waals surface area (Å²) in [5.41, 5.74) is 1.27. The van der Waals surface area contributed by atoms with Crippen molar-refractivity contribution in [2.75, 3.05) is 24.7 Å². The van der Waals surface area contributed by atoms with E-state index in [4.69, 9.17) is 9.26 Å². The van der Waals surface area contributed by atoms with Crippen LogP contribution in [0, 0.1) is 19.8 Å². The number of hydrogen-bond acceptors (Lipinski definition) is 7. The summed E-state index contributed by atoms with van der Waals surface area (Å²) in [5, 5.41) is 3.78. The number of carbonyl (C=O) groups is 2. The summed E-state index contributed by atoms with van der Waals surface area (Å²) in [6, 6.07) is -0.351. The molecule has 0 aromatic carbocycles. The minimum absolute atomic E-state index is 0.0174. The van der Waals surface area contributed by atoms with Gasteiger partial charge < -0.3 is 14.2 Å². The Labute approximate surface area is 153 Å². The van der Waals surface area contributed by atoms with E-state index in [1.165, 1.54) is 0 Å². The lowest BCUT2D eigenvalue weighted by molar-refractivity contribution is -0.152. The average Bonchev–Trinajstić information content (AvgIpc) is 3.06. The van der Waals surface area contributed by atoms with E-state index in [2.05, 4.69) is 5.16 Å². The Bertz CT molecular complexity index is 749. The van der Waals surface area contributed by atoms with Gasteiger partial charge in [-0.05, 0) is 26.2 Å². The second-order valence-corrected chi connectivity index (χ2v) is 9.37. The molecule has 1 aliphatic heterocycles. The van der Waals surface area contributed by atoms with Gasteiger partial charge in [-0.3, -0.25) is 9.59 Å². The van der Waals surface area contributed by atoms with Crippen LogP contribution in [0.1, 0.15) is 37.3 Å². The Morgan fingerprint density at radius 1 is 1.35 bits per heavy atom. The summed E-state index contributed by atoms with van der Waals surface area (Å²) in [5.74, 6) is -0.128. The molecule has 1 amide bonds. The largest absolute Gasteiger partial charge is 0.455 e. The molecule has 0 spiro atoms. The van der Waals surface area contributed by atoms with Crippen molar-refractivity contribution in [1.82, 2.24) is 10.1 Å². The highest BCUT2D eigenvalue weighted by Gasteiger charge is 2.35. The third-order valence-electron chi connectivity index (χ3n) is 4.39. The van der Waals surface area contributed by atoms with Crippen molar-refractivity contribution in [1.29, 1.82) is 0 Å². The first-order valence-corrected chi connectivity index (χ1v) is 10.5. The number of rotatable bonds is 7. The number of hydrogen-bond donors (Lipinski definition) is 0. The molecule has 0 saturated carbocycles. The van der Waals surface area contributed by atoms with Crippen LogP contribution in [0.15, 0.2) is 4.52 Å². The van der Waals surface area contributed by atoms with Gasteiger partial charge in [-0.15, -0.1) is 0 Å². The molecule has 1 aromatic heterocycles. The van der Waals surface area contributed by atoms with Crippen molar-refractivity contribution >= 4 is 21.7 Å². The van der Waals surface area contributed by atoms with Crippen molar-refractivity contribution in [2.45, 2.75) is 46.6 Å². The Morgan fingerprint density at radius 2 is 2.04 bits per heavy atom. The second kappa shape index (κ2) is 8.20. The van der Waals surface area contributed by atoms with Crippen molar-refractivity contribution in [3.05, 3.63) is 17.0 Å². The van der Waals surface area contributed by atoms with Crippen LogP contribution >= 0.6 is 0 Å². The van der Waals surface area contributed by atoms with Gasteiger partial charge in [0.05, 0.1) is 23.6 Å². The standard InChI is InChI=1S/C17H26N2O6S/c1-11(2)8-19(14-5-6-26(22,23)10-14)16(20)9-24-17(21)7-15-12(3)18-25-13(15)4/h11,14H,5-10H2,1-4H3. The SMILES string of the molecule is Cc1noc(C)c1CC(=O)OCC(=O)N(CC(C)C)C1CCS(=O)(=O)C1. The zero-order valence-corrected chi connectivity index (χ0v) is 16.5. The van der Waals surface area contributed by atoms with Crippen LogP contribution < -0.4 is 0 Å². The van der Waals surface area contributed by atoms with Crippen LogP contribution in [0.5, 0.6) is 0 Å². The number of aromatic nitrogens is 1. The topological polar surface area (TPSA) is 107 Å². The monoisotopic (exact) mass is 386 g/mol. The Hall–Kier alpha value is -1.90. The summed E-state index contributed by atoms with van der Waals surface area (Å²) < 4.78 is 33.6. The molecule has 1 aliphatic rings. The molecule has 146 valence electrons. The molecule has 1 unspecified atom stereocenters. The molecule has 8 nitrogen and oxygen atoms in total. The van der Waals surface area contributed by atoms with Crippen LogP contribution in [-0.4, -0.2) is 61.1 Å². The quantitative estimate of drug-likeness (QED) is 0.645. The molecule has 1 aromatic rings. The maximum absolute atomic E-state index is 12.5. The van der Waals surface area contributed by atoms with Gasteiger partial charge in [0.25, 0.3) is 5.91 Å². The number of carbonyl (C=O) groups excluding carboxylic acids is 2. The molecule has 2 rings (SSSR count). The molecule has 2 heterocycles. The number of nitrogens with zero attached hydrogens (tertiary/aromatic N) is 2. The van der Waals surface area contributed by atoms with E-state index < -0.39 is 22.4 Å². The van der Waals surface area contributed by atoms with Gasteiger partial charge in [-0.2, -0.15) is 0 Å². The zero-order chi connectivity index (χ0) is 19.5. The third-order valence-corrected chi connectivity index (χ3v) is 6.14. The minimum Gasteiger partial charge on any atom is -0.455 e. The van der Waals surface area contributed by atoms with Gasteiger partial charge in [-0.1, -0.05) is 19.0 Å². The molecule has 9 heteroatoms. The smallest absolute Gasteiger partial charge is 0.310 e. The molecule has 1 atom stereocenters. The van der Waals surface area contributed by atoms with E-state index in [1.54, 1.807) is 18.7 Å². The highest BCUT2D eigenvalue weighted by atomic mass is 32.2. The number of amides is 1. The van der Waals surface area contributed by atoms with E-state index in [0.717, 1.165) is 0 Å². The fourth-order valence-electron chi connectivity index (χ4n) is 3.04. The maximum atomic E-state index is 12.5. The number of ether oxygens (including phenoxy) is 1. The molecular weight excluding hydrogens is 360 g/mol. The third kappa shape index (κ3) is 5.30. The minimum atomic E-state index is -3.10. The van der Waals surface area contributed by atoms with E-state index in [-0.39, 0.29) is 35.8 Å². The van der Waals surface area contributed by atoms with E-state index >= 15 is 0 Å². The predicted octanol–water partition coefficient (Wildman–Crippen LogP) is 1.05. The number of sulfone groups is 1. The van der Waals surface area contributed by atoms with Crippen molar-refractivity contribution < 1.29 is 27.3 Å². The lowest BCUT2D eigenvalue weighted by Crippen LogP contribution is -2.45. The van der Waals surface area contributed by atoms with Gasteiger partial charge in [0.1, 0.15) is 5.76 Å². The van der Waals surface area contributed by atoms with E-state index in [1.807, 2.05) is 13.8 Å². The summed E-state index contributed by atoms with van der Waals surface area (Å²) in [6.45, 7) is 7.38. The van der Waals surface area contributed by atoms with Crippen molar-refractivity contribution in [2.24, 2.45) is 5.92 Å². The predicted molar refractivity (Wildman–Crippen MR) is 94.2 cm³/mol. The lowest BCUT2D eigenvalue weighted by atomic mass is 10.1. The van der Waals surface area contributed by atoms with Crippen LogP contribution in [0.2, 0.25) is 0 Å². The van der Waals surface area contributed by atoms with Crippen LogP contribution in [0.25, 0.3) is 0 Å². The normalized spacial score (nSPS) is 18.9. The molecule has 1 saturated heterocycles.